The predicted molar refractivity (Wildman–Crippen MR) is 94.5 cm³/mol. The first kappa shape index (κ1) is 17.9. The first-order valence-electron chi connectivity index (χ1n) is 6.69. The minimum absolute atomic E-state index is 0.0145. The van der Waals surface area contributed by atoms with Crippen LogP contribution in [0.2, 0.25) is 0 Å². The lowest BCUT2D eigenvalue weighted by atomic mass is 10.2. The molecule has 0 aromatic heterocycles. The lowest BCUT2D eigenvalue weighted by Crippen LogP contribution is -2.34. The molecule has 126 valence electrons. The normalized spacial score (nSPS) is 10.8. The van der Waals surface area contributed by atoms with Gasteiger partial charge in [-0.2, -0.15) is 0 Å². The molecule has 2 rings (SSSR count). The molecular weight excluding hydrogens is 350 g/mol. The molecule has 0 heterocycles. The molecule has 1 amide bonds. The van der Waals surface area contributed by atoms with Crippen molar-refractivity contribution in [1.82, 2.24) is 5.32 Å². The number of hydrogen-bond acceptors (Lipinski definition) is 5. The SMILES string of the molecule is COc1cccc(C(=O)NC(=S)Nc2ccc(S(N)(=O)=O)cc2)c1. The number of ether oxygens (including phenoxy) is 1. The second kappa shape index (κ2) is 7.39. The third kappa shape index (κ3) is 4.75. The number of rotatable bonds is 4. The lowest BCUT2D eigenvalue weighted by molar-refractivity contribution is 0.0977. The average molecular weight is 365 g/mol. The van der Waals surface area contributed by atoms with Crippen LogP contribution in [-0.2, 0) is 10.0 Å². The number of benzene rings is 2. The highest BCUT2D eigenvalue weighted by Crippen LogP contribution is 2.14. The molecular formula is C15H15N3O4S2. The Morgan fingerprint density at radius 3 is 2.42 bits per heavy atom. The van der Waals surface area contributed by atoms with E-state index in [1.807, 2.05) is 0 Å². The summed E-state index contributed by atoms with van der Waals surface area (Å²) >= 11 is 5.06. The molecule has 9 heteroatoms. The fourth-order valence-electron chi connectivity index (χ4n) is 1.83. The number of nitrogens with two attached hydrogens (primary N) is 1. The van der Waals surface area contributed by atoms with E-state index in [2.05, 4.69) is 10.6 Å². The molecule has 0 spiro atoms. The van der Waals surface area contributed by atoms with E-state index in [1.165, 1.54) is 31.4 Å². The number of sulfonamides is 1. The van der Waals surface area contributed by atoms with Crippen molar-refractivity contribution in [3.8, 4) is 5.75 Å². The Morgan fingerprint density at radius 2 is 1.83 bits per heavy atom. The van der Waals surface area contributed by atoms with E-state index < -0.39 is 15.9 Å². The van der Waals surface area contributed by atoms with Crippen molar-refractivity contribution in [2.45, 2.75) is 4.90 Å². The number of amides is 1. The predicted octanol–water partition coefficient (Wildman–Crippen LogP) is 1.47. The molecule has 0 aliphatic rings. The van der Waals surface area contributed by atoms with E-state index in [0.29, 0.717) is 17.0 Å². The summed E-state index contributed by atoms with van der Waals surface area (Å²) in [6.07, 6.45) is 0. The third-order valence-corrected chi connectivity index (χ3v) is 4.13. The molecule has 7 nitrogen and oxygen atoms in total. The smallest absolute Gasteiger partial charge is 0.257 e. The molecule has 0 aliphatic heterocycles. The van der Waals surface area contributed by atoms with Gasteiger partial charge in [0.15, 0.2) is 5.11 Å². The second-order valence-corrected chi connectivity index (χ2v) is 6.68. The minimum atomic E-state index is -3.75. The number of hydrogen-bond donors (Lipinski definition) is 3. The summed E-state index contributed by atoms with van der Waals surface area (Å²) in [4.78, 5) is 12.1. The summed E-state index contributed by atoms with van der Waals surface area (Å²) in [5.41, 5.74) is 0.904. The van der Waals surface area contributed by atoms with Crippen LogP contribution in [0.25, 0.3) is 0 Å². The van der Waals surface area contributed by atoms with Crippen molar-refractivity contribution in [3.63, 3.8) is 0 Å². The molecule has 2 aromatic rings. The number of carbonyl (C=O) groups is 1. The summed E-state index contributed by atoms with van der Waals surface area (Å²) < 4.78 is 27.4. The number of anilines is 1. The number of carbonyl (C=O) groups excluding carboxylic acids is 1. The number of nitrogens with one attached hydrogen (secondary N) is 2. The van der Waals surface area contributed by atoms with Crippen molar-refractivity contribution in [3.05, 3.63) is 54.1 Å². The average Bonchev–Trinajstić information content (AvgIpc) is 2.54. The van der Waals surface area contributed by atoms with Crippen LogP contribution in [-0.4, -0.2) is 26.5 Å². The van der Waals surface area contributed by atoms with Gasteiger partial charge in [-0.25, -0.2) is 13.6 Å². The largest absolute Gasteiger partial charge is 0.497 e. The van der Waals surface area contributed by atoms with Crippen LogP contribution in [0.1, 0.15) is 10.4 Å². The van der Waals surface area contributed by atoms with Gasteiger partial charge in [-0.1, -0.05) is 6.07 Å². The monoisotopic (exact) mass is 365 g/mol. The Kier molecular flexibility index (Phi) is 5.50. The number of primary sulfonamides is 1. The Bertz CT molecular complexity index is 865. The summed E-state index contributed by atoms with van der Waals surface area (Å²) in [5.74, 6) is 0.160. The molecule has 0 fully saturated rings. The van der Waals surface area contributed by atoms with Crippen molar-refractivity contribution < 1.29 is 17.9 Å². The van der Waals surface area contributed by atoms with E-state index >= 15 is 0 Å². The molecule has 0 atom stereocenters. The minimum Gasteiger partial charge on any atom is -0.497 e. The molecule has 4 N–H and O–H groups in total. The first-order chi connectivity index (χ1) is 11.3. The quantitative estimate of drug-likeness (QED) is 0.708. The molecule has 0 aliphatic carbocycles. The molecule has 0 saturated heterocycles. The second-order valence-electron chi connectivity index (χ2n) is 4.71. The summed E-state index contributed by atoms with van der Waals surface area (Å²) in [5, 5.41) is 10.4. The van der Waals surface area contributed by atoms with Crippen LogP contribution in [0.5, 0.6) is 5.75 Å². The molecule has 2 aromatic carbocycles. The summed E-state index contributed by atoms with van der Waals surface area (Å²) in [6, 6.07) is 12.3. The van der Waals surface area contributed by atoms with Crippen molar-refractivity contribution in [2.24, 2.45) is 5.14 Å². The van der Waals surface area contributed by atoms with Gasteiger partial charge in [0.2, 0.25) is 10.0 Å². The van der Waals surface area contributed by atoms with E-state index in [9.17, 15) is 13.2 Å². The van der Waals surface area contributed by atoms with Crippen LogP contribution in [0.4, 0.5) is 5.69 Å². The third-order valence-electron chi connectivity index (χ3n) is 3.00. The van der Waals surface area contributed by atoms with Crippen molar-refractivity contribution >= 4 is 38.9 Å². The molecule has 0 radical (unpaired) electrons. The fraction of sp³-hybridized carbons (Fsp3) is 0.0667. The highest BCUT2D eigenvalue weighted by molar-refractivity contribution is 7.89. The topological polar surface area (TPSA) is 111 Å². The van der Waals surface area contributed by atoms with Gasteiger partial charge in [0.25, 0.3) is 5.91 Å². The van der Waals surface area contributed by atoms with E-state index in [1.54, 1.807) is 24.3 Å². The van der Waals surface area contributed by atoms with Gasteiger partial charge in [-0.05, 0) is 54.7 Å². The van der Waals surface area contributed by atoms with Gasteiger partial charge in [0.05, 0.1) is 12.0 Å². The van der Waals surface area contributed by atoms with Crippen LogP contribution in [0, 0.1) is 0 Å². The maximum absolute atomic E-state index is 12.1. The Morgan fingerprint density at radius 1 is 1.17 bits per heavy atom. The zero-order chi connectivity index (χ0) is 17.7. The summed E-state index contributed by atoms with van der Waals surface area (Å²) in [6.45, 7) is 0. The Balaban J connectivity index is 2.01. The van der Waals surface area contributed by atoms with Gasteiger partial charge < -0.3 is 10.1 Å². The van der Waals surface area contributed by atoms with Crippen LogP contribution >= 0.6 is 12.2 Å². The van der Waals surface area contributed by atoms with Gasteiger partial charge in [-0.15, -0.1) is 0 Å². The fourth-order valence-corrected chi connectivity index (χ4v) is 2.56. The number of thiocarbonyl (C=S) groups is 1. The van der Waals surface area contributed by atoms with Crippen LogP contribution in [0.15, 0.2) is 53.4 Å². The first-order valence-corrected chi connectivity index (χ1v) is 8.64. The zero-order valence-electron chi connectivity index (χ0n) is 12.6. The maximum atomic E-state index is 12.1. The standard InChI is InChI=1S/C15H15N3O4S2/c1-22-12-4-2-3-10(9-12)14(19)18-15(23)17-11-5-7-13(8-6-11)24(16,20)21/h2-9H,1H3,(H2,16,20,21)(H2,17,18,19,23). The van der Waals surface area contributed by atoms with Crippen LogP contribution in [0.3, 0.4) is 0 Å². The van der Waals surface area contributed by atoms with Gasteiger partial charge in [-0.3, -0.25) is 10.1 Å². The number of methoxy groups -OCH3 is 1. The van der Waals surface area contributed by atoms with Gasteiger partial charge in [0.1, 0.15) is 5.75 Å². The molecule has 0 bridgehead atoms. The summed E-state index contributed by atoms with van der Waals surface area (Å²) in [7, 11) is -2.24. The van der Waals surface area contributed by atoms with Crippen molar-refractivity contribution in [2.75, 3.05) is 12.4 Å². The Hall–Kier alpha value is -2.49. The van der Waals surface area contributed by atoms with E-state index in [4.69, 9.17) is 22.1 Å². The Labute approximate surface area is 144 Å². The highest BCUT2D eigenvalue weighted by atomic mass is 32.2. The van der Waals surface area contributed by atoms with Crippen molar-refractivity contribution in [1.29, 1.82) is 0 Å². The molecule has 24 heavy (non-hydrogen) atoms. The van der Waals surface area contributed by atoms with E-state index in [-0.39, 0.29) is 10.0 Å². The molecule has 0 saturated carbocycles. The maximum Gasteiger partial charge on any atom is 0.257 e. The highest BCUT2D eigenvalue weighted by Gasteiger charge is 2.10. The van der Waals surface area contributed by atoms with Gasteiger partial charge in [0, 0.05) is 11.3 Å². The molecule has 0 unspecified atom stereocenters. The zero-order valence-corrected chi connectivity index (χ0v) is 14.3. The lowest BCUT2D eigenvalue weighted by Gasteiger charge is -2.10. The van der Waals surface area contributed by atoms with E-state index in [0.717, 1.165) is 0 Å². The van der Waals surface area contributed by atoms with Gasteiger partial charge >= 0.3 is 0 Å². The van der Waals surface area contributed by atoms with Crippen LogP contribution < -0.4 is 20.5 Å².